The Morgan fingerprint density at radius 2 is 2.11 bits per heavy atom. The van der Waals surface area contributed by atoms with Gasteiger partial charge >= 0.3 is 0 Å². The van der Waals surface area contributed by atoms with Gasteiger partial charge in [-0.15, -0.1) is 0 Å². The Kier molecular flexibility index (Phi) is 5.24. The summed E-state index contributed by atoms with van der Waals surface area (Å²) in [5.41, 5.74) is -0.424. The minimum atomic E-state index is -0.889. The number of thioether (sulfide) groups is 1. The van der Waals surface area contributed by atoms with E-state index in [1.165, 1.54) is 0 Å². The Morgan fingerprint density at radius 1 is 1.44 bits per heavy atom. The van der Waals surface area contributed by atoms with Crippen molar-refractivity contribution in [2.75, 3.05) is 6.26 Å². The highest BCUT2D eigenvalue weighted by Crippen LogP contribution is 2.35. The smallest absolute Gasteiger partial charge is 0.183 e. The van der Waals surface area contributed by atoms with E-state index in [9.17, 15) is 4.39 Å². The summed E-state index contributed by atoms with van der Waals surface area (Å²) < 4.78 is 13.6. The van der Waals surface area contributed by atoms with Crippen LogP contribution in [0.5, 0.6) is 0 Å². The summed E-state index contributed by atoms with van der Waals surface area (Å²) in [5.74, 6) is -0.889. The van der Waals surface area contributed by atoms with E-state index in [-0.39, 0.29) is 26.5 Å². The van der Waals surface area contributed by atoms with Crippen LogP contribution in [0, 0.1) is 28.6 Å². The molecular formula is C10H5Cl2FN4S. The summed E-state index contributed by atoms with van der Waals surface area (Å²) >= 11 is 12.5. The lowest BCUT2D eigenvalue weighted by Gasteiger charge is -2.06. The number of amidine groups is 1. The van der Waals surface area contributed by atoms with Crippen molar-refractivity contribution < 1.29 is 4.39 Å². The number of benzene rings is 1. The topological polar surface area (TPSA) is 72.0 Å². The van der Waals surface area contributed by atoms with Crippen molar-refractivity contribution in [2.45, 2.75) is 0 Å². The molecule has 1 N–H and O–H groups in total. The maximum absolute atomic E-state index is 13.6. The van der Waals surface area contributed by atoms with Gasteiger partial charge in [-0.05, 0) is 12.3 Å². The molecule has 4 nitrogen and oxygen atoms in total. The Hall–Kier alpha value is -1.47. The van der Waals surface area contributed by atoms with Crippen molar-refractivity contribution in [3.8, 4) is 12.3 Å². The van der Waals surface area contributed by atoms with Crippen LogP contribution in [0.2, 0.25) is 10.0 Å². The van der Waals surface area contributed by atoms with Crippen LogP contribution in [0.15, 0.2) is 11.1 Å². The summed E-state index contributed by atoms with van der Waals surface area (Å²) in [6.45, 7) is 0. The normalized spacial score (nSPS) is 10.7. The summed E-state index contributed by atoms with van der Waals surface area (Å²) in [7, 11) is 0. The summed E-state index contributed by atoms with van der Waals surface area (Å²) in [4.78, 5) is 3.93. The van der Waals surface area contributed by atoms with Gasteiger partial charge in [0.15, 0.2) is 17.2 Å². The summed E-state index contributed by atoms with van der Waals surface area (Å²) in [6.07, 6.45) is 3.34. The van der Waals surface area contributed by atoms with Crippen LogP contribution in [-0.4, -0.2) is 11.4 Å². The van der Waals surface area contributed by atoms with Crippen molar-refractivity contribution in [1.29, 1.82) is 10.5 Å². The van der Waals surface area contributed by atoms with Gasteiger partial charge in [-0.3, -0.25) is 5.32 Å². The molecule has 0 amide bonds. The number of nitriles is 2. The van der Waals surface area contributed by atoms with Gasteiger partial charge in [0.1, 0.15) is 17.3 Å². The second-order valence-electron chi connectivity index (χ2n) is 2.85. The largest absolute Gasteiger partial charge is 0.271 e. The average molecular weight is 303 g/mol. The number of nitrogens with zero attached hydrogens (tertiary/aromatic N) is 3. The lowest BCUT2D eigenvalue weighted by Crippen LogP contribution is -2.12. The van der Waals surface area contributed by atoms with E-state index >= 15 is 0 Å². The lowest BCUT2D eigenvalue weighted by molar-refractivity contribution is 0.625. The van der Waals surface area contributed by atoms with E-state index in [0.29, 0.717) is 0 Å². The maximum Gasteiger partial charge on any atom is 0.183 e. The molecule has 1 rings (SSSR count). The van der Waals surface area contributed by atoms with Gasteiger partial charge in [-0.25, -0.2) is 9.38 Å². The van der Waals surface area contributed by atoms with E-state index in [4.69, 9.17) is 33.7 Å². The highest BCUT2D eigenvalue weighted by Gasteiger charge is 2.16. The first-order valence-electron chi connectivity index (χ1n) is 4.40. The van der Waals surface area contributed by atoms with E-state index in [1.54, 1.807) is 18.5 Å². The summed E-state index contributed by atoms with van der Waals surface area (Å²) in [5, 5.41) is 19.6. The fraction of sp³-hybridized carbons (Fsp3) is 0.100. The van der Waals surface area contributed by atoms with Crippen molar-refractivity contribution in [1.82, 2.24) is 5.32 Å². The van der Waals surface area contributed by atoms with Crippen LogP contribution in [0.3, 0.4) is 0 Å². The molecule has 0 fully saturated rings. The lowest BCUT2D eigenvalue weighted by atomic mass is 10.2. The Balaban J connectivity index is 3.47. The molecule has 0 aliphatic rings. The third kappa shape index (κ3) is 3.05. The molecule has 0 radical (unpaired) electrons. The highest BCUT2D eigenvalue weighted by molar-refractivity contribution is 8.13. The molecule has 8 heteroatoms. The molecule has 0 aromatic heterocycles. The van der Waals surface area contributed by atoms with Gasteiger partial charge in [0.2, 0.25) is 0 Å². The second kappa shape index (κ2) is 6.46. The molecule has 0 aliphatic carbocycles. The van der Waals surface area contributed by atoms with Gasteiger partial charge in [-0.2, -0.15) is 10.5 Å². The van der Waals surface area contributed by atoms with Gasteiger partial charge in [-0.1, -0.05) is 35.0 Å². The molecule has 0 bridgehead atoms. The first-order chi connectivity index (χ1) is 8.54. The predicted octanol–water partition coefficient (Wildman–Crippen LogP) is 3.43. The second-order valence-corrected chi connectivity index (χ2v) is 4.46. The number of aliphatic imine (C=N–C) groups is 1. The van der Waals surface area contributed by atoms with E-state index in [0.717, 1.165) is 17.8 Å². The molecule has 18 heavy (non-hydrogen) atoms. The van der Waals surface area contributed by atoms with Crippen LogP contribution in [0.4, 0.5) is 10.1 Å². The van der Waals surface area contributed by atoms with E-state index in [1.807, 2.05) is 0 Å². The van der Waals surface area contributed by atoms with Crippen LogP contribution in [0.1, 0.15) is 5.56 Å². The van der Waals surface area contributed by atoms with Gasteiger partial charge in [0.05, 0.1) is 10.0 Å². The first kappa shape index (κ1) is 14.6. The molecule has 0 aliphatic heterocycles. The fourth-order valence-corrected chi connectivity index (χ4v) is 1.91. The average Bonchev–Trinajstić information content (AvgIpc) is 2.35. The molecule has 0 saturated carbocycles. The molecule has 0 saturated heterocycles. The molecule has 0 unspecified atom stereocenters. The van der Waals surface area contributed by atoms with Crippen molar-refractivity contribution in [2.24, 2.45) is 4.99 Å². The maximum atomic E-state index is 13.6. The van der Waals surface area contributed by atoms with Crippen LogP contribution >= 0.6 is 35.0 Å². The molecule has 1 aromatic rings. The van der Waals surface area contributed by atoms with Crippen molar-refractivity contribution >= 4 is 45.8 Å². The number of hydrogen-bond donors (Lipinski definition) is 1. The van der Waals surface area contributed by atoms with Gasteiger partial charge in [0.25, 0.3) is 0 Å². The minimum absolute atomic E-state index is 0.0317. The SMILES string of the molecule is CSC(=Nc1c(Cl)cc(Cl)c(F)c1C#N)NC#N. The standard InChI is InChI=1S/C10H5Cl2FN4S/c1-18-10(16-4-15)17-9-5(3-14)8(13)6(11)2-7(9)12/h2H,1H3,(H,16,17). The van der Waals surface area contributed by atoms with Gasteiger partial charge in [0, 0.05) is 0 Å². The molecule has 1 aromatic carbocycles. The molecule has 0 atom stereocenters. The summed E-state index contributed by atoms with van der Waals surface area (Å²) in [6, 6.07) is 2.80. The Bertz CT molecular complexity index is 589. The number of nitrogens with one attached hydrogen (secondary N) is 1. The fourth-order valence-electron chi connectivity index (χ4n) is 1.07. The predicted molar refractivity (Wildman–Crippen MR) is 70.5 cm³/mol. The minimum Gasteiger partial charge on any atom is -0.271 e. The van der Waals surface area contributed by atoms with Crippen LogP contribution in [0.25, 0.3) is 0 Å². The quantitative estimate of drug-likeness (QED) is 0.284. The van der Waals surface area contributed by atoms with E-state index < -0.39 is 5.82 Å². The zero-order chi connectivity index (χ0) is 13.7. The highest BCUT2D eigenvalue weighted by atomic mass is 35.5. The third-order valence-electron chi connectivity index (χ3n) is 1.83. The number of hydrogen-bond acceptors (Lipinski definition) is 4. The monoisotopic (exact) mass is 302 g/mol. The number of halogens is 3. The van der Waals surface area contributed by atoms with Crippen LogP contribution < -0.4 is 5.32 Å². The molecule has 92 valence electrons. The van der Waals surface area contributed by atoms with Crippen LogP contribution in [-0.2, 0) is 0 Å². The van der Waals surface area contributed by atoms with Gasteiger partial charge < -0.3 is 0 Å². The van der Waals surface area contributed by atoms with Crippen molar-refractivity contribution in [3.05, 3.63) is 27.5 Å². The van der Waals surface area contributed by atoms with E-state index in [2.05, 4.69) is 10.3 Å². The Labute approximate surface area is 117 Å². The number of rotatable bonds is 1. The molecular weight excluding hydrogens is 298 g/mol. The molecule has 0 heterocycles. The Morgan fingerprint density at radius 3 is 2.61 bits per heavy atom. The first-order valence-corrected chi connectivity index (χ1v) is 6.38. The van der Waals surface area contributed by atoms with Crippen molar-refractivity contribution in [3.63, 3.8) is 0 Å². The third-order valence-corrected chi connectivity index (χ3v) is 2.97. The zero-order valence-corrected chi connectivity index (χ0v) is 11.3. The molecule has 0 spiro atoms. The zero-order valence-electron chi connectivity index (χ0n) is 8.96.